The third-order valence-corrected chi connectivity index (χ3v) is 3.43. The van der Waals surface area contributed by atoms with E-state index in [0.717, 1.165) is 23.0 Å². The van der Waals surface area contributed by atoms with Crippen LogP contribution in [0.2, 0.25) is 0 Å². The molecule has 0 saturated carbocycles. The maximum absolute atomic E-state index is 12.3. The van der Waals surface area contributed by atoms with E-state index in [1.54, 1.807) is 0 Å². The minimum Gasteiger partial charge on any atom is -0.347 e. The number of nitrogens with one attached hydrogen (secondary N) is 1. The van der Waals surface area contributed by atoms with E-state index in [9.17, 15) is 13.2 Å². The van der Waals surface area contributed by atoms with Crippen molar-refractivity contribution in [2.75, 3.05) is 0 Å². The van der Waals surface area contributed by atoms with Gasteiger partial charge in [-0.05, 0) is 23.4 Å². The average Bonchev–Trinajstić information content (AvgIpc) is 2.79. The number of hydrogen-bond donors (Lipinski definition) is 1. The van der Waals surface area contributed by atoms with Gasteiger partial charge in [0.1, 0.15) is 0 Å². The Morgan fingerprint density at radius 1 is 1.19 bits per heavy atom. The molecule has 1 heterocycles. The summed E-state index contributed by atoms with van der Waals surface area (Å²) in [5.41, 5.74) is 2.16. The van der Waals surface area contributed by atoms with Crippen LogP contribution in [-0.4, -0.2) is 16.8 Å². The number of rotatable bonds is 6. The Hall–Kier alpha value is -1.49. The van der Waals surface area contributed by atoms with Gasteiger partial charge in [-0.2, -0.15) is 13.2 Å². The quantitative estimate of drug-likeness (QED) is 0.832. The number of alkyl halides is 3. The molecule has 0 spiro atoms. The number of halogens is 3. The molecule has 2 nitrogen and oxygen atoms in total. The Kier molecular flexibility index (Phi) is 4.93. The van der Waals surface area contributed by atoms with E-state index in [0.29, 0.717) is 12.6 Å². The highest BCUT2D eigenvalue weighted by molar-refractivity contribution is 5.83. The van der Waals surface area contributed by atoms with E-state index in [4.69, 9.17) is 0 Å². The maximum Gasteiger partial charge on any atom is 0.389 e. The zero-order valence-corrected chi connectivity index (χ0v) is 12.4. The van der Waals surface area contributed by atoms with Gasteiger partial charge in [0.25, 0.3) is 0 Å². The molecule has 2 rings (SSSR count). The van der Waals surface area contributed by atoms with Crippen LogP contribution in [0.15, 0.2) is 30.5 Å². The minimum atomic E-state index is -4.08. The summed E-state index contributed by atoms with van der Waals surface area (Å²) in [5, 5.41) is 4.43. The van der Waals surface area contributed by atoms with Crippen molar-refractivity contribution in [3.63, 3.8) is 0 Å². The van der Waals surface area contributed by atoms with Crippen molar-refractivity contribution in [2.45, 2.75) is 52.0 Å². The second kappa shape index (κ2) is 6.52. The molecule has 0 bridgehead atoms. The molecule has 0 aliphatic rings. The van der Waals surface area contributed by atoms with E-state index in [1.165, 1.54) is 0 Å². The summed E-state index contributed by atoms with van der Waals surface area (Å²) in [6.07, 6.45) is -2.83. The van der Waals surface area contributed by atoms with E-state index in [2.05, 4.69) is 19.2 Å². The molecule has 21 heavy (non-hydrogen) atoms. The van der Waals surface area contributed by atoms with Crippen molar-refractivity contribution in [1.82, 2.24) is 9.88 Å². The van der Waals surface area contributed by atoms with Crippen LogP contribution in [0.3, 0.4) is 0 Å². The maximum atomic E-state index is 12.3. The summed E-state index contributed by atoms with van der Waals surface area (Å²) in [7, 11) is 0. The summed E-state index contributed by atoms with van der Waals surface area (Å²) in [6.45, 7) is 5.25. The monoisotopic (exact) mass is 298 g/mol. The highest BCUT2D eigenvalue weighted by Crippen LogP contribution is 2.24. The summed E-state index contributed by atoms with van der Waals surface area (Å²) in [5.74, 6) is 0. The molecule has 0 amide bonds. The molecule has 2 aromatic rings. The van der Waals surface area contributed by atoms with Crippen LogP contribution in [0.25, 0.3) is 10.9 Å². The first-order chi connectivity index (χ1) is 9.87. The predicted molar refractivity (Wildman–Crippen MR) is 79.2 cm³/mol. The molecule has 0 unspecified atom stereocenters. The first-order valence-corrected chi connectivity index (χ1v) is 7.24. The standard InChI is InChI=1S/C16H21F3N2/c1-12(2)20-11-14-6-3-5-13-7-10-21(15(13)14)9-4-8-16(17,18)19/h3,5-7,10,12,20H,4,8-9,11H2,1-2H3. The Bertz CT molecular complexity index is 585. The topological polar surface area (TPSA) is 17.0 Å². The van der Waals surface area contributed by atoms with Crippen LogP contribution in [0.4, 0.5) is 13.2 Å². The van der Waals surface area contributed by atoms with E-state index in [-0.39, 0.29) is 6.42 Å². The zero-order chi connectivity index (χ0) is 15.5. The molecule has 5 heteroatoms. The fourth-order valence-electron chi connectivity index (χ4n) is 2.43. The molecule has 1 N–H and O–H groups in total. The Labute approximate surface area is 122 Å². The summed E-state index contributed by atoms with van der Waals surface area (Å²) in [4.78, 5) is 0. The van der Waals surface area contributed by atoms with E-state index >= 15 is 0 Å². The first-order valence-electron chi connectivity index (χ1n) is 7.24. The molecule has 116 valence electrons. The Morgan fingerprint density at radius 3 is 2.62 bits per heavy atom. The minimum absolute atomic E-state index is 0.110. The molecule has 0 saturated heterocycles. The van der Waals surface area contributed by atoms with E-state index < -0.39 is 12.6 Å². The van der Waals surface area contributed by atoms with Crippen molar-refractivity contribution in [1.29, 1.82) is 0 Å². The molecule has 0 aliphatic heterocycles. The molecule has 1 aromatic heterocycles. The third-order valence-electron chi connectivity index (χ3n) is 3.43. The highest BCUT2D eigenvalue weighted by Gasteiger charge is 2.26. The van der Waals surface area contributed by atoms with Crippen LogP contribution < -0.4 is 5.32 Å². The summed E-state index contributed by atoms with van der Waals surface area (Å²) in [6, 6.07) is 8.34. The SMILES string of the molecule is CC(C)NCc1cccc2ccn(CCCC(F)(F)F)c12. The third kappa shape index (κ3) is 4.49. The Balaban J connectivity index is 2.16. The number of para-hydroxylation sites is 1. The van der Waals surface area contributed by atoms with Gasteiger partial charge >= 0.3 is 6.18 Å². The van der Waals surface area contributed by atoms with Gasteiger partial charge in [0.2, 0.25) is 0 Å². The van der Waals surface area contributed by atoms with Gasteiger partial charge in [-0.1, -0.05) is 32.0 Å². The largest absolute Gasteiger partial charge is 0.389 e. The summed E-state index contributed by atoms with van der Waals surface area (Å²) >= 11 is 0. The van der Waals surface area contributed by atoms with Crippen LogP contribution in [0, 0.1) is 0 Å². The number of aromatic nitrogens is 1. The fraction of sp³-hybridized carbons (Fsp3) is 0.500. The second-order valence-electron chi connectivity index (χ2n) is 5.62. The van der Waals surface area contributed by atoms with Gasteiger partial charge in [0.05, 0.1) is 5.52 Å². The van der Waals surface area contributed by atoms with Crippen molar-refractivity contribution < 1.29 is 13.2 Å². The normalized spacial score (nSPS) is 12.5. The molecule has 0 aliphatic carbocycles. The van der Waals surface area contributed by atoms with Gasteiger partial charge in [-0.3, -0.25) is 0 Å². The molecular weight excluding hydrogens is 277 g/mol. The molecule has 0 radical (unpaired) electrons. The van der Waals surface area contributed by atoms with E-state index in [1.807, 2.05) is 35.0 Å². The number of nitrogens with zero attached hydrogens (tertiary/aromatic N) is 1. The van der Waals surface area contributed by atoms with Crippen molar-refractivity contribution in [3.05, 3.63) is 36.0 Å². The molecule has 1 aromatic carbocycles. The number of benzene rings is 1. The smallest absolute Gasteiger partial charge is 0.347 e. The van der Waals surface area contributed by atoms with Gasteiger partial charge in [-0.25, -0.2) is 0 Å². The van der Waals surface area contributed by atoms with Gasteiger partial charge in [0, 0.05) is 31.7 Å². The lowest BCUT2D eigenvalue weighted by molar-refractivity contribution is -0.135. The number of aryl methyl sites for hydroxylation is 1. The fourth-order valence-corrected chi connectivity index (χ4v) is 2.43. The van der Waals surface area contributed by atoms with Crippen LogP contribution in [-0.2, 0) is 13.1 Å². The van der Waals surface area contributed by atoms with Crippen LogP contribution in [0.5, 0.6) is 0 Å². The van der Waals surface area contributed by atoms with Gasteiger partial charge in [0.15, 0.2) is 0 Å². The number of fused-ring (bicyclic) bond motifs is 1. The lowest BCUT2D eigenvalue weighted by Gasteiger charge is -2.13. The van der Waals surface area contributed by atoms with Crippen molar-refractivity contribution in [2.24, 2.45) is 0 Å². The first kappa shape index (κ1) is 15.9. The molecular formula is C16H21F3N2. The molecule has 0 fully saturated rings. The lowest BCUT2D eigenvalue weighted by Crippen LogP contribution is -2.22. The highest BCUT2D eigenvalue weighted by atomic mass is 19.4. The predicted octanol–water partition coefficient (Wildman–Crippen LogP) is 4.48. The lowest BCUT2D eigenvalue weighted by atomic mass is 10.1. The van der Waals surface area contributed by atoms with Crippen molar-refractivity contribution >= 4 is 10.9 Å². The molecule has 0 atom stereocenters. The van der Waals surface area contributed by atoms with Crippen LogP contribution in [0.1, 0.15) is 32.3 Å². The Morgan fingerprint density at radius 2 is 1.95 bits per heavy atom. The number of hydrogen-bond acceptors (Lipinski definition) is 1. The summed E-state index contributed by atoms with van der Waals surface area (Å²) < 4.78 is 38.7. The van der Waals surface area contributed by atoms with Crippen LogP contribution >= 0.6 is 0 Å². The van der Waals surface area contributed by atoms with Gasteiger partial charge in [-0.15, -0.1) is 0 Å². The van der Waals surface area contributed by atoms with Gasteiger partial charge < -0.3 is 9.88 Å². The second-order valence-corrected chi connectivity index (χ2v) is 5.62. The zero-order valence-electron chi connectivity index (χ0n) is 12.4. The van der Waals surface area contributed by atoms with Crippen molar-refractivity contribution in [3.8, 4) is 0 Å². The average molecular weight is 298 g/mol.